The molecule has 0 bridgehead atoms. The molecule has 0 radical (unpaired) electrons. The monoisotopic (exact) mass is 439 g/mol. The van der Waals surface area contributed by atoms with E-state index in [9.17, 15) is 9.59 Å². The molecule has 0 fully saturated rings. The van der Waals surface area contributed by atoms with Crippen molar-refractivity contribution in [1.82, 2.24) is 15.1 Å². The molecular formula is C21H18BrN3O3. The summed E-state index contributed by atoms with van der Waals surface area (Å²) in [5.41, 5.74) is 1.88. The van der Waals surface area contributed by atoms with Crippen molar-refractivity contribution in [2.45, 2.75) is 25.7 Å². The minimum absolute atomic E-state index is 0.198. The van der Waals surface area contributed by atoms with Crippen LogP contribution in [-0.2, 0) is 6.42 Å². The van der Waals surface area contributed by atoms with Gasteiger partial charge in [-0.2, -0.15) is 0 Å². The van der Waals surface area contributed by atoms with Crippen LogP contribution in [-0.4, -0.2) is 33.5 Å². The standard InChI is InChI=1S/C21H18BrN3O3/c22-15-11-9-14(10-12-15)19-24-23-18(28-19)8-2-1-5-13-25-20(26)16-6-3-4-7-17(16)21(25)27/h3-4,6-7,9-12H,1-2,5,8,13H2. The summed E-state index contributed by atoms with van der Waals surface area (Å²) in [5.74, 6) is 0.709. The quantitative estimate of drug-likeness (QED) is 0.399. The molecule has 142 valence electrons. The van der Waals surface area contributed by atoms with E-state index >= 15 is 0 Å². The molecule has 1 aliphatic rings. The van der Waals surface area contributed by atoms with Crippen LogP contribution < -0.4 is 0 Å². The maximum Gasteiger partial charge on any atom is 0.261 e. The number of aromatic nitrogens is 2. The molecule has 2 aromatic carbocycles. The number of carbonyl (C=O) groups excluding carboxylic acids is 2. The van der Waals surface area contributed by atoms with Crippen LogP contribution in [0.3, 0.4) is 0 Å². The second-order valence-electron chi connectivity index (χ2n) is 6.63. The van der Waals surface area contributed by atoms with Gasteiger partial charge in [0.25, 0.3) is 11.8 Å². The topological polar surface area (TPSA) is 76.3 Å². The molecule has 6 nitrogen and oxygen atoms in total. The van der Waals surface area contributed by atoms with Crippen molar-refractivity contribution in [2.75, 3.05) is 6.54 Å². The molecule has 7 heteroatoms. The minimum Gasteiger partial charge on any atom is -0.421 e. The smallest absolute Gasteiger partial charge is 0.261 e. The predicted molar refractivity (Wildman–Crippen MR) is 107 cm³/mol. The third kappa shape index (κ3) is 3.75. The molecule has 1 aromatic heterocycles. The largest absolute Gasteiger partial charge is 0.421 e. The Balaban J connectivity index is 1.24. The molecule has 0 N–H and O–H groups in total. The number of benzene rings is 2. The van der Waals surface area contributed by atoms with E-state index in [2.05, 4.69) is 26.1 Å². The van der Waals surface area contributed by atoms with Gasteiger partial charge in [-0.3, -0.25) is 14.5 Å². The average Bonchev–Trinajstić information content (AvgIpc) is 3.27. The van der Waals surface area contributed by atoms with E-state index in [0.29, 0.717) is 35.9 Å². The molecule has 28 heavy (non-hydrogen) atoms. The number of fused-ring (bicyclic) bond motifs is 1. The molecular weight excluding hydrogens is 422 g/mol. The number of imide groups is 1. The van der Waals surface area contributed by atoms with E-state index in [1.54, 1.807) is 24.3 Å². The number of hydrogen-bond acceptors (Lipinski definition) is 5. The summed E-state index contributed by atoms with van der Waals surface area (Å²) in [7, 11) is 0. The normalized spacial score (nSPS) is 13.2. The highest BCUT2D eigenvalue weighted by Gasteiger charge is 2.34. The number of aryl methyl sites for hydroxylation is 1. The highest BCUT2D eigenvalue weighted by Crippen LogP contribution is 2.23. The maximum atomic E-state index is 12.3. The molecule has 2 heterocycles. The first-order valence-electron chi connectivity index (χ1n) is 9.17. The minimum atomic E-state index is -0.198. The fraction of sp³-hybridized carbons (Fsp3) is 0.238. The lowest BCUT2D eigenvalue weighted by Crippen LogP contribution is -2.30. The van der Waals surface area contributed by atoms with Gasteiger partial charge in [0.05, 0.1) is 11.1 Å². The highest BCUT2D eigenvalue weighted by molar-refractivity contribution is 9.10. The number of unbranched alkanes of at least 4 members (excludes halogenated alkanes) is 2. The van der Waals surface area contributed by atoms with Crippen LogP contribution in [0.2, 0.25) is 0 Å². The van der Waals surface area contributed by atoms with E-state index in [1.165, 1.54) is 4.90 Å². The number of halogens is 1. The molecule has 4 rings (SSSR count). The number of carbonyl (C=O) groups is 2. The zero-order valence-corrected chi connectivity index (χ0v) is 16.7. The van der Waals surface area contributed by atoms with Crippen molar-refractivity contribution in [1.29, 1.82) is 0 Å². The Morgan fingerprint density at radius 3 is 2.21 bits per heavy atom. The Bertz CT molecular complexity index is 979. The first kappa shape index (κ1) is 18.6. The zero-order valence-electron chi connectivity index (χ0n) is 15.1. The lowest BCUT2D eigenvalue weighted by atomic mass is 10.1. The van der Waals surface area contributed by atoms with E-state index in [4.69, 9.17) is 4.42 Å². The van der Waals surface area contributed by atoms with Gasteiger partial charge in [0.2, 0.25) is 11.8 Å². The summed E-state index contributed by atoms with van der Waals surface area (Å²) in [5, 5.41) is 8.19. The fourth-order valence-corrected chi connectivity index (χ4v) is 3.49. The summed E-state index contributed by atoms with van der Waals surface area (Å²) < 4.78 is 6.70. The van der Waals surface area contributed by atoms with E-state index in [1.807, 2.05) is 24.3 Å². The van der Waals surface area contributed by atoms with Gasteiger partial charge in [0, 0.05) is 23.0 Å². The van der Waals surface area contributed by atoms with Gasteiger partial charge in [0.15, 0.2) is 0 Å². The first-order chi connectivity index (χ1) is 13.6. The van der Waals surface area contributed by atoms with Crippen LogP contribution in [0, 0.1) is 0 Å². The maximum absolute atomic E-state index is 12.3. The van der Waals surface area contributed by atoms with Crippen LogP contribution in [0.4, 0.5) is 0 Å². The molecule has 0 aliphatic carbocycles. The van der Waals surface area contributed by atoms with Crippen molar-refractivity contribution in [3.63, 3.8) is 0 Å². The fourth-order valence-electron chi connectivity index (χ4n) is 3.23. The second-order valence-corrected chi connectivity index (χ2v) is 7.54. The Kier molecular flexibility index (Phi) is 5.34. The van der Waals surface area contributed by atoms with Crippen molar-refractivity contribution >= 4 is 27.7 Å². The van der Waals surface area contributed by atoms with Gasteiger partial charge < -0.3 is 4.42 Å². The van der Waals surface area contributed by atoms with Gasteiger partial charge in [-0.15, -0.1) is 10.2 Å². The van der Waals surface area contributed by atoms with Crippen LogP contribution in [0.15, 0.2) is 57.4 Å². The summed E-state index contributed by atoms with van der Waals surface area (Å²) in [6.45, 7) is 0.431. The summed E-state index contributed by atoms with van der Waals surface area (Å²) >= 11 is 3.40. The van der Waals surface area contributed by atoms with Gasteiger partial charge in [-0.05, 0) is 49.2 Å². The summed E-state index contributed by atoms with van der Waals surface area (Å²) in [6, 6.07) is 14.7. The van der Waals surface area contributed by atoms with E-state index in [-0.39, 0.29) is 11.8 Å². The van der Waals surface area contributed by atoms with Gasteiger partial charge >= 0.3 is 0 Å². The molecule has 0 spiro atoms. The Labute approximate surface area is 170 Å². The Morgan fingerprint density at radius 1 is 0.857 bits per heavy atom. The SMILES string of the molecule is O=C1c2ccccc2C(=O)N1CCCCCc1nnc(-c2ccc(Br)cc2)o1. The van der Waals surface area contributed by atoms with Crippen LogP contribution in [0.25, 0.3) is 11.5 Å². The molecule has 0 unspecified atom stereocenters. The molecule has 0 saturated heterocycles. The summed E-state index contributed by atoms with van der Waals surface area (Å²) in [6.07, 6.45) is 3.14. The van der Waals surface area contributed by atoms with E-state index < -0.39 is 0 Å². The van der Waals surface area contributed by atoms with E-state index in [0.717, 1.165) is 29.3 Å². The van der Waals surface area contributed by atoms with Crippen LogP contribution in [0.1, 0.15) is 45.9 Å². The van der Waals surface area contributed by atoms with Crippen molar-refractivity contribution in [2.24, 2.45) is 0 Å². The average molecular weight is 440 g/mol. The van der Waals surface area contributed by atoms with Gasteiger partial charge in [0.1, 0.15) is 0 Å². The molecule has 0 atom stereocenters. The molecule has 2 amide bonds. The Hall–Kier alpha value is -2.80. The molecule has 3 aromatic rings. The highest BCUT2D eigenvalue weighted by atomic mass is 79.9. The number of rotatable bonds is 7. The van der Waals surface area contributed by atoms with Gasteiger partial charge in [-0.25, -0.2) is 0 Å². The van der Waals surface area contributed by atoms with Gasteiger partial charge in [-0.1, -0.05) is 34.5 Å². The number of amides is 2. The lowest BCUT2D eigenvalue weighted by molar-refractivity contribution is 0.0651. The first-order valence-corrected chi connectivity index (χ1v) is 9.96. The summed E-state index contributed by atoms with van der Waals surface area (Å²) in [4.78, 5) is 26.0. The van der Waals surface area contributed by atoms with Crippen molar-refractivity contribution < 1.29 is 14.0 Å². The van der Waals surface area contributed by atoms with Crippen molar-refractivity contribution in [3.8, 4) is 11.5 Å². The third-order valence-electron chi connectivity index (χ3n) is 4.71. The number of nitrogens with zero attached hydrogens (tertiary/aromatic N) is 3. The zero-order chi connectivity index (χ0) is 19.5. The van der Waals surface area contributed by atoms with Crippen LogP contribution in [0.5, 0.6) is 0 Å². The van der Waals surface area contributed by atoms with Crippen molar-refractivity contribution in [3.05, 3.63) is 70.0 Å². The number of hydrogen-bond donors (Lipinski definition) is 0. The molecule has 0 saturated carbocycles. The predicted octanol–water partition coefficient (Wildman–Crippen LogP) is 4.51. The third-order valence-corrected chi connectivity index (χ3v) is 5.24. The second kappa shape index (κ2) is 8.06. The van der Waals surface area contributed by atoms with Crippen LogP contribution >= 0.6 is 15.9 Å². The lowest BCUT2D eigenvalue weighted by Gasteiger charge is -2.13. The Morgan fingerprint density at radius 2 is 1.54 bits per heavy atom. The molecule has 1 aliphatic heterocycles.